The van der Waals surface area contributed by atoms with Crippen molar-refractivity contribution in [3.8, 4) is 5.75 Å². The van der Waals surface area contributed by atoms with Gasteiger partial charge in [-0.05, 0) is 39.4 Å². The molecule has 0 aliphatic carbocycles. The van der Waals surface area contributed by atoms with Crippen molar-refractivity contribution in [2.24, 2.45) is 0 Å². The second-order valence-corrected chi connectivity index (χ2v) is 5.85. The Labute approximate surface area is 143 Å². The number of pyridine rings is 1. The molecule has 24 heavy (non-hydrogen) atoms. The molecule has 0 bridgehead atoms. The van der Waals surface area contributed by atoms with Crippen LogP contribution in [0.25, 0.3) is 5.65 Å². The number of carbonyl (C=O) groups is 1. The third kappa shape index (κ3) is 4.47. The SMILES string of the molecule is CCNC(C)Cc1cn2cccc(OCC(=O)N(CC)CC)c2n1. The fourth-order valence-electron chi connectivity index (χ4n) is 2.79. The van der Waals surface area contributed by atoms with E-state index in [1.807, 2.05) is 42.8 Å². The average molecular weight is 332 g/mol. The molecule has 1 atom stereocenters. The van der Waals surface area contributed by atoms with Gasteiger partial charge in [0.15, 0.2) is 18.0 Å². The normalized spacial score (nSPS) is 12.3. The molecule has 2 heterocycles. The zero-order valence-corrected chi connectivity index (χ0v) is 15.1. The van der Waals surface area contributed by atoms with Gasteiger partial charge in [-0.1, -0.05) is 6.92 Å². The lowest BCUT2D eigenvalue weighted by Gasteiger charge is -2.18. The highest BCUT2D eigenvalue weighted by atomic mass is 16.5. The smallest absolute Gasteiger partial charge is 0.260 e. The van der Waals surface area contributed by atoms with Crippen molar-refractivity contribution in [1.29, 1.82) is 0 Å². The molecule has 0 fully saturated rings. The summed E-state index contributed by atoms with van der Waals surface area (Å²) < 4.78 is 7.69. The van der Waals surface area contributed by atoms with Crippen molar-refractivity contribution >= 4 is 11.6 Å². The number of hydrogen-bond acceptors (Lipinski definition) is 4. The van der Waals surface area contributed by atoms with Crippen LogP contribution in [0.3, 0.4) is 0 Å². The van der Waals surface area contributed by atoms with Gasteiger partial charge in [0, 0.05) is 37.9 Å². The van der Waals surface area contributed by atoms with E-state index in [4.69, 9.17) is 4.74 Å². The van der Waals surface area contributed by atoms with Crippen LogP contribution < -0.4 is 10.1 Å². The Morgan fingerprint density at radius 1 is 1.38 bits per heavy atom. The maximum atomic E-state index is 12.1. The van der Waals surface area contributed by atoms with Crippen molar-refractivity contribution in [1.82, 2.24) is 19.6 Å². The number of fused-ring (bicyclic) bond motifs is 1. The van der Waals surface area contributed by atoms with E-state index >= 15 is 0 Å². The molecule has 6 nitrogen and oxygen atoms in total. The van der Waals surface area contributed by atoms with Gasteiger partial charge in [-0.2, -0.15) is 0 Å². The van der Waals surface area contributed by atoms with Crippen LogP contribution in [0.4, 0.5) is 0 Å². The van der Waals surface area contributed by atoms with Crippen LogP contribution in [-0.4, -0.2) is 52.5 Å². The molecule has 2 rings (SSSR count). The quantitative estimate of drug-likeness (QED) is 0.764. The number of nitrogens with one attached hydrogen (secondary N) is 1. The first-order chi connectivity index (χ1) is 11.6. The minimum absolute atomic E-state index is 0.00505. The second-order valence-electron chi connectivity index (χ2n) is 5.85. The van der Waals surface area contributed by atoms with E-state index in [2.05, 4.69) is 24.1 Å². The first-order valence-electron chi connectivity index (χ1n) is 8.69. The summed E-state index contributed by atoms with van der Waals surface area (Å²) in [5.41, 5.74) is 1.76. The zero-order valence-electron chi connectivity index (χ0n) is 15.1. The molecule has 0 aliphatic rings. The van der Waals surface area contributed by atoms with E-state index in [1.165, 1.54) is 0 Å². The predicted molar refractivity (Wildman–Crippen MR) is 95.5 cm³/mol. The molecule has 0 aliphatic heterocycles. The Morgan fingerprint density at radius 2 is 2.12 bits per heavy atom. The zero-order chi connectivity index (χ0) is 17.5. The summed E-state index contributed by atoms with van der Waals surface area (Å²) in [6, 6.07) is 4.13. The molecule has 2 aromatic heterocycles. The van der Waals surface area contributed by atoms with Gasteiger partial charge in [-0.3, -0.25) is 4.79 Å². The molecule has 1 N–H and O–H groups in total. The van der Waals surface area contributed by atoms with E-state index in [1.54, 1.807) is 4.90 Å². The summed E-state index contributed by atoms with van der Waals surface area (Å²) in [5.74, 6) is 0.634. The van der Waals surface area contributed by atoms with E-state index in [9.17, 15) is 4.79 Å². The van der Waals surface area contributed by atoms with Crippen LogP contribution in [0, 0.1) is 0 Å². The lowest BCUT2D eigenvalue weighted by molar-refractivity contribution is -0.132. The Hall–Kier alpha value is -2.08. The Morgan fingerprint density at radius 3 is 2.79 bits per heavy atom. The minimum Gasteiger partial charge on any atom is -0.480 e. The van der Waals surface area contributed by atoms with Crippen LogP contribution >= 0.6 is 0 Å². The van der Waals surface area contributed by atoms with Gasteiger partial charge in [-0.25, -0.2) is 4.98 Å². The van der Waals surface area contributed by atoms with E-state index in [-0.39, 0.29) is 12.5 Å². The first kappa shape index (κ1) is 18.3. The number of rotatable bonds is 9. The summed E-state index contributed by atoms with van der Waals surface area (Å²) in [6.45, 7) is 10.5. The maximum Gasteiger partial charge on any atom is 0.260 e. The van der Waals surface area contributed by atoms with Crippen molar-refractivity contribution in [2.45, 2.75) is 40.2 Å². The first-order valence-corrected chi connectivity index (χ1v) is 8.69. The maximum absolute atomic E-state index is 12.1. The Balaban J connectivity index is 2.10. The van der Waals surface area contributed by atoms with Crippen LogP contribution in [0.15, 0.2) is 24.5 Å². The molecule has 2 aromatic rings. The number of likely N-dealkylation sites (N-methyl/N-ethyl adjacent to an activating group) is 2. The molecule has 0 saturated carbocycles. The van der Waals surface area contributed by atoms with Crippen LogP contribution in [0.1, 0.15) is 33.4 Å². The average Bonchev–Trinajstić information content (AvgIpc) is 2.97. The molecule has 1 unspecified atom stereocenters. The topological polar surface area (TPSA) is 58.9 Å². The summed E-state index contributed by atoms with van der Waals surface area (Å²) in [7, 11) is 0. The van der Waals surface area contributed by atoms with E-state index < -0.39 is 0 Å². The highest BCUT2D eigenvalue weighted by molar-refractivity contribution is 5.78. The van der Waals surface area contributed by atoms with Gasteiger partial charge in [0.25, 0.3) is 5.91 Å². The molecule has 0 saturated heterocycles. The molecular weight excluding hydrogens is 304 g/mol. The third-order valence-electron chi connectivity index (χ3n) is 4.03. The lowest BCUT2D eigenvalue weighted by atomic mass is 10.2. The highest BCUT2D eigenvalue weighted by Gasteiger charge is 2.13. The van der Waals surface area contributed by atoms with Crippen molar-refractivity contribution in [3.63, 3.8) is 0 Å². The summed E-state index contributed by atoms with van der Waals surface area (Å²) in [4.78, 5) is 18.5. The molecule has 0 spiro atoms. The molecule has 6 heteroatoms. The predicted octanol–water partition coefficient (Wildman–Crippen LogP) is 2.12. The standard InChI is InChI=1S/C18H28N4O2/c1-5-19-14(4)11-15-12-22-10-8-9-16(18(22)20-15)24-13-17(23)21(6-2)7-3/h8-10,12,14,19H,5-7,11,13H2,1-4H3. The number of aromatic nitrogens is 2. The number of hydrogen-bond donors (Lipinski definition) is 1. The number of amides is 1. The second kappa shape index (κ2) is 8.68. The molecule has 132 valence electrons. The van der Waals surface area contributed by atoms with E-state index in [0.29, 0.717) is 24.9 Å². The van der Waals surface area contributed by atoms with Gasteiger partial charge in [0.2, 0.25) is 0 Å². The third-order valence-corrected chi connectivity index (χ3v) is 4.03. The monoisotopic (exact) mass is 332 g/mol. The Bertz CT molecular complexity index is 664. The largest absolute Gasteiger partial charge is 0.480 e. The lowest BCUT2D eigenvalue weighted by Crippen LogP contribution is -2.34. The number of carbonyl (C=O) groups excluding carboxylic acids is 1. The fourth-order valence-corrected chi connectivity index (χ4v) is 2.79. The summed E-state index contributed by atoms with van der Waals surface area (Å²) >= 11 is 0. The molecule has 1 amide bonds. The molecular formula is C18H28N4O2. The summed E-state index contributed by atoms with van der Waals surface area (Å²) in [6.07, 6.45) is 4.82. The van der Waals surface area contributed by atoms with E-state index in [0.717, 1.165) is 24.3 Å². The highest BCUT2D eigenvalue weighted by Crippen LogP contribution is 2.19. The van der Waals surface area contributed by atoms with Gasteiger partial charge in [-0.15, -0.1) is 0 Å². The van der Waals surface area contributed by atoms with Gasteiger partial charge >= 0.3 is 0 Å². The van der Waals surface area contributed by atoms with Crippen LogP contribution in [0.5, 0.6) is 5.75 Å². The van der Waals surface area contributed by atoms with Crippen molar-refractivity contribution in [3.05, 3.63) is 30.2 Å². The number of nitrogens with zero attached hydrogens (tertiary/aromatic N) is 3. The van der Waals surface area contributed by atoms with Gasteiger partial charge < -0.3 is 19.4 Å². The Kier molecular flexibility index (Phi) is 6.61. The van der Waals surface area contributed by atoms with Gasteiger partial charge in [0.05, 0.1) is 5.69 Å². The molecule has 0 radical (unpaired) electrons. The van der Waals surface area contributed by atoms with Gasteiger partial charge in [0.1, 0.15) is 0 Å². The summed E-state index contributed by atoms with van der Waals surface area (Å²) in [5, 5.41) is 3.39. The van der Waals surface area contributed by atoms with Crippen molar-refractivity contribution < 1.29 is 9.53 Å². The van der Waals surface area contributed by atoms with Crippen LogP contribution in [0.2, 0.25) is 0 Å². The number of ether oxygens (including phenoxy) is 1. The van der Waals surface area contributed by atoms with Crippen molar-refractivity contribution in [2.75, 3.05) is 26.2 Å². The van der Waals surface area contributed by atoms with Crippen LogP contribution in [-0.2, 0) is 11.2 Å². The number of imidazole rings is 1. The fraction of sp³-hybridized carbons (Fsp3) is 0.556. The molecule has 0 aromatic carbocycles. The minimum atomic E-state index is -0.00505.